The van der Waals surface area contributed by atoms with Crippen LogP contribution in [0.1, 0.15) is 12.8 Å². The molecule has 1 aliphatic rings. The summed E-state index contributed by atoms with van der Waals surface area (Å²) in [6.45, 7) is 0.999. The van der Waals surface area contributed by atoms with Crippen LogP contribution in [-0.4, -0.2) is 43.7 Å². The van der Waals surface area contributed by atoms with E-state index in [0.717, 1.165) is 0 Å². The number of hydrogen-bond acceptors (Lipinski definition) is 5. The maximum atomic E-state index is 13.0. The number of benzene rings is 2. The first-order valence-corrected chi connectivity index (χ1v) is 9.30. The molecule has 150 valence electrons. The Bertz CT molecular complexity index is 824. The van der Waals surface area contributed by atoms with Crippen molar-refractivity contribution in [2.75, 3.05) is 32.5 Å². The van der Waals surface area contributed by atoms with Gasteiger partial charge in [0.05, 0.1) is 17.8 Å². The lowest BCUT2D eigenvalue weighted by Crippen LogP contribution is -2.43. The van der Waals surface area contributed by atoms with Crippen molar-refractivity contribution in [2.24, 2.45) is 0 Å². The van der Waals surface area contributed by atoms with E-state index in [-0.39, 0.29) is 24.4 Å². The van der Waals surface area contributed by atoms with Crippen molar-refractivity contribution in [3.8, 4) is 17.2 Å². The number of amides is 1. The minimum Gasteiger partial charge on any atom is -0.495 e. The van der Waals surface area contributed by atoms with Crippen LogP contribution in [0.4, 0.5) is 10.1 Å². The number of nitrogens with two attached hydrogens (primary N) is 1. The number of nitrogen functional groups attached to an aromatic ring is 1. The number of anilines is 1. The zero-order chi connectivity index (χ0) is 20.1. The van der Waals surface area contributed by atoms with E-state index in [1.807, 2.05) is 0 Å². The number of likely N-dealkylation sites (tertiary alicyclic amines) is 1. The quantitative estimate of drug-likeness (QED) is 0.740. The largest absolute Gasteiger partial charge is 0.495 e. The molecule has 2 aromatic carbocycles. The number of ether oxygens (including phenoxy) is 3. The van der Waals surface area contributed by atoms with E-state index >= 15 is 0 Å². The van der Waals surface area contributed by atoms with E-state index in [4.69, 9.17) is 31.5 Å². The van der Waals surface area contributed by atoms with E-state index in [2.05, 4.69) is 0 Å². The van der Waals surface area contributed by atoms with Crippen LogP contribution in [0.3, 0.4) is 0 Å². The Labute approximate surface area is 167 Å². The van der Waals surface area contributed by atoms with E-state index in [0.29, 0.717) is 53.9 Å². The summed E-state index contributed by atoms with van der Waals surface area (Å²) in [5.74, 6) is 0.975. The number of nitrogens with zero attached hydrogens (tertiary/aromatic N) is 1. The molecule has 0 bridgehead atoms. The molecule has 8 heteroatoms. The van der Waals surface area contributed by atoms with Crippen molar-refractivity contribution in [1.82, 2.24) is 4.90 Å². The predicted molar refractivity (Wildman–Crippen MR) is 105 cm³/mol. The molecule has 0 saturated carbocycles. The molecule has 6 nitrogen and oxygen atoms in total. The van der Waals surface area contributed by atoms with Gasteiger partial charge in [0.1, 0.15) is 29.2 Å². The van der Waals surface area contributed by atoms with Gasteiger partial charge in [0.15, 0.2) is 6.61 Å². The standard InChI is InChI=1S/C20H22ClFN2O4/c1-26-18-11-19(17(23)10-16(18)21)27-12-20(25)24-8-6-15(7-9-24)28-14-4-2-13(22)3-5-14/h2-5,10-11,15H,6-9,12,23H2,1H3. The highest BCUT2D eigenvalue weighted by molar-refractivity contribution is 6.32. The van der Waals surface area contributed by atoms with Gasteiger partial charge in [-0.05, 0) is 30.3 Å². The van der Waals surface area contributed by atoms with Gasteiger partial charge < -0.3 is 24.8 Å². The zero-order valence-corrected chi connectivity index (χ0v) is 16.2. The van der Waals surface area contributed by atoms with Gasteiger partial charge in [-0.1, -0.05) is 11.6 Å². The van der Waals surface area contributed by atoms with Crippen LogP contribution < -0.4 is 19.9 Å². The lowest BCUT2D eigenvalue weighted by atomic mass is 10.1. The molecule has 0 aliphatic carbocycles. The van der Waals surface area contributed by atoms with E-state index in [9.17, 15) is 9.18 Å². The Kier molecular flexibility index (Phi) is 6.46. The highest BCUT2D eigenvalue weighted by Crippen LogP contribution is 2.34. The number of carbonyl (C=O) groups excluding carboxylic acids is 1. The van der Waals surface area contributed by atoms with Crippen molar-refractivity contribution in [2.45, 2.75) is 18.9 Å². The first-order valence-electron chi connectivity index (χ1n) is 8.92. The molecular weight excluding hydrogens is 387 g/mol. The Morgan fingerprint density at radius 2 is 1.89 bits per heavy atom. The van der Waals surface area contributed by atoms with Gasteiger partial charge in [-0.15, -0.1) is 0 Å². The van der Waals surface area contributed by atoms with Crippen LogP contribution in [0.5, 0.6) is 17.2 Å². The lowest BCUT2D eigenvalue weighted by Gasteiger charge is -2.32. The summed E-state index contributed by atoms with van der Waals surface area (Å²) >= 11 is 6.00. The topological polar surface area (TPSA) is 74.0 Å². The van der Waals surface area contributed by atoms with Gasteiger partial charge in [0.25, 0.3) is 5.91 Å². The van der Waals surface area contributed by atoms with Gasteiger partial charge in [-0.3, -0.25) is 4.79 Å². The summed E-state index contributed by atoms with van der Waals surface area (Å²) in [4.78, 5) is 14.2. The first-order chi connectivity index (χ1) is 13.5. The van der Waals surface area contributed by atoms with Gasteiger partial charge in [0, 0.05) is 32.0 Å². The van der Waals surface area contributed by atoms with Gasteiger partial charge in [-0.2, -0.15) is 0 Å². The third-order valence-corrected chi connectivity index (χ3v) is 4.84. The number of methoxy groups -OCH3 is 1. The Hall–Kier alpha value is -2.67. The molecule has 0 atom stereocenters. The van der Waals surface area contributed by atoms with E-state index < -0.39 is 0 Å². The highest BCUT2D eigenvalue weighted by Gasteiger charge is 2.24. The molecular formula is C20H22ClFN2O4. The summed E-state index contributed by atoms with van der Waals surface area (Å²) in [6.07, 6.45) is 1.38. The molecule has 2 N–H and O–H groups in total. The number of piperidine rings is 1. The van der Waals surface area contributed by atoms with E-state index in [1.165, 1.54) is 25.3 Å². The van der Waals surface area contributed by atoms with Crippen molar-refractivity contribution >= 4 is 23.2 Å². The van der Waals surface area contributed by atoms with Crippen LogP contribution in [0.2, 0.25) is 5.02 Å². The Morgan fingerprint density at radius 1 is 1.21 bits per heavy atom. The van der Waals surface area contributed by atoms with Crippen LogP contribution in [0, 0.1) is 5.82 Å². The molecule has 1 saturated heterocycles. The van der Waals surface area contributed by atoms with Crippen LogP contribution in [-0.2, 0) is 4.79 Å². The second-order valence-electron chi connectivity index (χ2n) is 6.47. The molecule has 3 rings (SSSR count). The fraction of sp³-hybridized carbons (Fsp3) is 0.350. The summed E-state index contributed by atoms with van der Waals surface area (Å²) in [5, 5.41) is 0.377. The van der Waals surface area contributed by atoms with Gasteiger partial charge in [0.2, 0.25) is 0 Å². The first kappa shape index (κ1) is 20.1. The van der Waals surface area contributed by atoms with Crippen LogP contribution in [0.25, 0.3) is 0 Å². The minimum absolute atomic E-state index is 0.00778. The molecule has 0 aromatic heterocycles. The van der Waals surface area contributed by atoms with Crippen molar-refractivity contribution in [1.29, 1.82) is 0 Å². The fourth-order valence-electron chi connectivity index (χ4n) is 2.99. The van der Waals surface area contributed by atoms with Crippen LogP contribution >= 0.6 is 11.6 Å². The number of carbonyl (C=O) groups is 1. The molecule has 1 amide bonds. The third-order valence-electron chi connectivity index (χ3n) is 4.55. The zero-order valence-electron chi connectivity index (χ0n) is 15.5. The SMILES string of the molecule is COc1cc(OCC(=O)N2CCC(Oc3ccc(F)cc3)CC2)c(N)cc1Cl. The smallest absolute Gasteiger partial charge is 0.260 e. The van der Waals surface area contributed by atoms with Crippen LogP contribution in [0.15, 0.2) is 36.4 Å². The van der Waals surface area contributed by atoms with Gasteiger partial charge in [-0.25, -0.2) is 4.39 Å². The monoisotopic (exact) mass is 408 g/mol. The number of hydrogen-bond donors (Lipinski definition) is 1. The molecule has 1 fully saturated rings. The molecule has 0 radical (unpaired) electrons. The summed E-state index contributed by atoms with van der Waals surface area (Å²) in [7, 11) is 1.49. The third kappa shape index (κ3) is 4.98. The second kappa shape index (κ2) is 9.01. The normalized spacial score (nSPS) is 14.6. The highest BCUT2D eigenvalue weighted by atomic mass is 35.5. The Morgan fingerprint density at radius 3 is 2.54 bits per heavy atom. The van der Waals surface area contributed by atoms with Crippen molar-refractivity contribution in [3.05, 3.63) is 47.2 Å². The second-order valence-corrected chi connectivity index (χ2v) is 6.87. The molecule has 28 heavy (non-hydrogen) atoms. The average molecular weight is 409 g/mol. The predicted octanol–water partition coefficient (Wildman–Crippen LogP) is 3.52. The maximum absolute atomic E-state index is 13.0. The fourth-order valence-corrected chi connectivity index (χ4v) is 3.24. The maximum Gasteiger partial charge on any atom is 0.260 e. The molecule has 0 spiro atoms. The number of halogens is 2. The summed E-state index contributed by atoms with van der Waals surface area (Å²) in [5.41, 5.74) is 6.22. The summed E-state index contributed by atoms with van der Waals surface area (Å²) < 4.78 is 29.5. The van der Waals surface area contributed by atoms with Crippen molar-refractivity contribution in [3.63, 3.8) is 0 Å². The molecule has 1 aliphatic heterocycles. The molecule has 1 heterocycles. The minimum atomic E-state index is -0.299. The number of rotatable bonds is 6. The molecule has 0 unspecified atom stereocenters. The van der Waals surface area contributed by atoms with Crippen molar-refractivity contribution < 1.29 is 23.4 Å². The summed E-state index contributed by atoms with van der Waals surface area (Å²) in [6, 6.07) is 9.02. The molecule has 2 aromatic rings. The average Bonchev–Trinajstić information content (AvgIpc) is 2.69. The van der Waals surface area contributed by atoms with E-state index in [1.54, 1.807) is 23.1 Å². The lowest BCUT2D eigenvalue weighted by molar-refractivity contribution is -0.135. The van der Waals surface area contributed by atoms with Gasteiger partial charge >= 0.3 is 0 Å². The Balaban J connectivity index is 1.48.